The third kappa shape index (κ3) is 4.05. The molecule has 0 spiro atoms. The van der Waals surface area contributed by atoms with Gasteiger partial charge in [0.25, 0.3) is 0 Å². The van der Waals surface area contributed by atoms with Crippen LogP contribution in [-0.2, 0) is 0 Å². The van der Waals surface area contributed by atoms with E-state index in [1.54, 1.807) is 0 Å². The van der Waals surface area contributed by atoms with Crippen molar-refractivity contribution in [2.24, 2.45) is 5.92 Å². The summed E-state index contributed by atoms with van der Waals surface area (Å²) in [5.74, 6) is 0.348. The van der Waals surface area contributed by atoms with Gasteiger partial charge in [0.05, 0.1) is 27.8 Å². The molecule has 0 saturated heterocycles. The number of nitrogens with zero attached hydrogens (tertiary/aromatic N) is 3. The van der Waals surface area contributed by atoms with Crippen molar-refractivity contribution in [1.82, 2.24) is 14.5 Å². The average Bonchev–Trinajstić information content (AvgIpc) is 3.42. The van der Waals surface area contributed by atoms with Crippen LogP contribution < -0.4 is 0 Å². The number of hydrogen-bond acceptors (Lipinski definition) is 2. The van der Waals surface area contributed by atoms with Crippen molar-refractivity contribution in [2.75, 3.05) is 0 Å². The smallest absolute Gasteiger partial charge is 0.0975 e. The summed E-state index contributed by atoms with van der Waals surface area (Å²) in [6.45, 7) is 6.61. The van der Waals surface area contributed by atoms with Crippen molar-refractivity contribution in [3.05, 3.63) is 156 Å². The molecule has 6 aromatic carbocycles. The highest BCUT2D eigenvalue weighted by Gasteiger charge is 2.28. The van der Waals surface area contributed by atoms with Crippen molar-refractivity contribution in [3.8, 4) is 5.69 Å². The predicted octanol–water partition coefficient (Wildman–Crippen LogP) is 11.0. The Labute approximate surface area is 268 Å². The zero-order valence-corrected chi connectivity index (χ0v) is 26.2. The van der Waals surface area contributed by atoms with Gasteiger partial charge < -0.3 is 4.57 Å². The monoisotopic (exact) mass is 591 g/mol. The van der Waals surface area contributed by atoms with E-state index in [4.69, 9.17) is 9.97 Å². The van der Waals surface area contributed by atoms with E-state index in [1.807, 2.05) is 6.20 Å². The van der Waals surface area contributed by atoms with Crippen LogP contribution >= 0.6 is 0 Å². The van der Waals surface area contributed by atoms with Crippen LogP contribution in [-0.4, -0.2) is 14.5 Å². The average molecular weight is 592 g/mol. The molecule has 0 amide bonds. The van der Waals surface area contributed by atoms with Crippen molar-refractivity contribution < 1.29 is 0 Å². The maximum atomic E-state index is 5.47. The highest BCUT2D eigenvalue weighted by atomic mass is 15.0. The Morgan fingerprint density at radius 3 is 2.09 bits per heavy atom. The zero-order valence-electron chi connectivity index (χ0n) is 26.2. The summed E-state index contributed by atoms with van der Waals surface area (Å²) in [5, 5.41) is 7.31. The molecular weight excluding hydrogens is 558 g/mol. The van der Waals surface area contributed by atoms with Crippen LogP contribution in [0.15, 0.2) is 134 Å². The number of aromatic nitrogens is 3. The summed E-state index contributed by atoms with van der Waals surface area (Å²) in [4.78, 5) is 10.6. The molecule has 0 radical (unpaired) electrons. The van der Waals surface area contributed by atoms with Crippen LogP contribution in [0, 0.1) is 19.8 Å². The fraction of sp³-hybridized carbons (Fsp3) is 0.116. The Bertz CT molecular complexity index is 2570. The van der Waals surface area contributed by atoms with Gasteiger partial charge >= 0.3 is 0 Å². The lowest BCUT2D eigenvalue weighted by Crippen LogP contribution is -2.15. The molecule has 1 aliphatic carbocycles. The first-order valence-corrected chi connectivity index (χ1v) is 16.1. The van der Waals surface area contributed by atoms with Gasteiger partial charge in [-0.2, -0.15) is 0 Å². The largest absolute Gasteiger partial charge is 0.309 e. The van der Waals surface area contributed by atoms with Gasteiger partial charge in [0.2, 0.25) is 0 Å². The highest BCUT2D eigenvalue weighted by molar-refractivity contribution is 6.23. The first-order valence-electron chi connectivity index (χ1n) is 16.1. The van der Waals surface area contributed by atoms with E-state index in [-0.39, 0.29) is 11.8 Å². The van der Waals surface area contributed by atoms with Crippen LogP contribution in [0.3, 0.4) is 0 Å². The Hall–Kier alpha value is -5.54. The third-order valence-corrected chi connectivity index (χ3v) is 9.83. The standard InChI is InChI=1S/C43H33N3/c1-26-16-19-33-35(22-26)36-23-27(2)17-20-34(36)43-42(33)44-25-38(45-43)41-28(3)10-9-14-31(41)29-18-21-40-37(24-29)32-13-7-8-15-39(32)46(40)30-11-5-4-6-12-30/h4-25,28,41H,1-3H3. The topological polar surface area (TPSA) is 30.7 Å². The maximum absolute atomic E-state index is 5.47. The third-order valence-electron chi connectivity index (χ3n) is 9.83. The minimum atomic E-state index is 0.0797. The van der Waals surface area contributed by atoms with Gasteiger partial charge in [-0.25, -0.2) is 4.98 Å². The molecule has 3 nitrogen and oxygen atoms in total. The van der Waals surface area contributed by atoms with Gasteiger partial charge in [-0.15, -0.1) is 0 Å². The molecule has 0 bridgehead atoms. The molecular formula is C43H33N3. The summed E-state index contributed by atoms with van der Waals surface area (Å²) >= 11 is 0. The number of aryl methyl sites for hydroxylation is 2. The number of para-hydroxylation sites is 2. The Kier molecular flexibility index (Phi) is 5.98. The van der Waals surface area contributed by atoms with E-state index >= 15 is 0 Å². The van der Waals surface area contributed by atoms with Crippen LogP contribution in [0.2, 0.25) is 0 Å². The van der Waals surface area contributed by atoms with Crippen LogP contribution in [0.25, 0.3) is 65.6 Å². The molecule has 0 N–H and O–H groups in total. The van der Waals surface area contributed by atoms with E-state index in [0.29, 0.717) is 0 Å². The molecule has 2 heterocycles. The van der Waals surface area contributed by atoms with Crippen LogP contribution in [0.4, 0.5) is 0 Å². The van der Waals surface area contributed by atoms with Gasteiger partial charge in [0.15, 0.2) is 0 Å². The van der Waals surface area contributed by atoms with E-state index < -0.39 is 0 Å². The predicted molar refractivity (Wildman–Crippen MR) is 194 cm³/mol. The zero-order chi connectivity index (χ0) is 30.9. The van der Waals surface area contributed by atoms with E-state index in [9.17, 15) is 0 Å². The number of rotatable bonds is 3. The summed E-state index contributed by atoms with van der Waals surface area (Å²) in [6.07, 6.45) is 8.80. The lowest BCUT2D eigenvalue weighted by atomic mass is 9.78. The van der Waals surface area contributed by atoms with Gasteiger partial charge in [-0.1, -0.05) is 115 Å². The second-order valence-corrected chi connectivity index (χ2v) is 12.9. The van der Waals surface area contributed by atoms with E-state index in [0.717, 1.165) is 27.5 Å². The first-order chi connectivity index (χ1) is 22.5. The van der Waals surface area contributed by atoms with E-state index in [1.165, 1.54) is 60.5 Å². The van der Waals surface area contributed by atoms with Gasteiger partial charge in [0.1, 0.15) is 0 Å². The normalized spacial score (nSPS) is 16.6. The van der Waals surface area contributed by atoms with Crippen molar-refractivity contribution >= 4 is 60.0 Å². The summed E-state index contributed by atoms with van der Waals surface area (Å²) < 4.78 is 2.37. The molecule has 8 aromatic rings. The highest BCUT2D eigenvalue weighted by Crippen LogP contribution is 2.43. The van der Waals surface area contributed by atoms with E-state index in [2.05, 4.69) is 153 Å². The second-order valence-electron chi connectivity index (χ2n) is 12.9. The van der Waals surface area contributed by atoms with Gasteiger partial charge in [0, 0.05) is 39.3 Å². The summed E-state index contributed by atoms with van der Waals surface area (Å²) in [7, 11) is 0. The molecule has 220 valence electrons. The van der Waals surface area contributed by atoms with Crippen molar-refractivity contribution in [3.63, 3.8) is 0 Å². The molecule has 9 rings (SSSR count). The summed E-state index contributed by atoms with van der Waals surface area (Å²) in [5.41, 5.74) is 11.6. The molecule has 1 aliphatic rings. The molecule has 2 aromatic heterocycles. The lowest BCUT2D eigenvalue weighted by molar-refractivity contribution is 0.634. The minimum Gasteiger partial charge on any atom is -0.309 e. The lowest BCUT2D eigenvalue weighted by Gasteiger charge is -2.27. The second kappa shape index (κ2) is 10.3. The molecule has 46 heavy (non-hydrogen) atoms. The molecule has 2 atom stereocenters. The fourth-order valence-corrected chi connectivity index (χ4v) is 7.66. The molecule has 0 saturated carbocycles. The SMILES string of the molecule is Cc1ccc2c(c1)c1cc(C)ccc1c1nc(C3C(c4ccc5c(c4)c4ccccc4n5-c4ccccc4)=CC=CC3C)cnc21. The molecule has 3 heteroatoms. The first kappa shape index (κ1) is 26.8. The number of fused-ring (bicyclic) bond motifs is 9. The molecule has 0 fully saturated rings. The van der Waals surface area contributed by atoms with Crippen LogP contribution in [0.5, 0.6) is 0 Å². The van der Waals surface area contributed by atoms with Gasteiger partial charge in [-0.05, 0) is 72.0 Å². The Balaban J connectivity index is 1.24. The van der Waals surface area contributed by atoms with Crippen molar-refractivity contribution in [1.29, 1.82) is 0 Å². The summed E-state index contributed by atoms with van der Waals surface area (Å²) in [6, 6.07) is 39.7. The number of benzene rings is 6. The Morgan fingerprint density at radius 1 is 0.609 bits per heavy atom. The number of allylic oxidation sites excluding steroid dienone is 4. The molecule has 0 aliphatic heterocycles. The fourth-order valence-electron chi connectivity index (χ4n) is 7.66. The van der Waals surface area contributed by atoms with Gasteiger partial charge in [-0.3, -0.25) is 4.98 Å². The minimum absolute atomic E-state index is 0.0797. The Morgan fingerprint density at radius 2 is 1.30 bits per heavy atom. The molecule has 2 unspecified atom stereocenters. The maximum Gasteiger partial charge on any atom is 0.0975 e. The van der Waals surface area contributed by atoms with Crippen LogP contribution in [0.1, 0.15) is 35.2 Å². The number of hydrogen-bond donors (Lipinski definition) is 0. The van der Waals surface area contributed by atoms with Crippen molar-refractivity contribution in [2.45, 2.75) is 26.7 Å². The quantitative estimate of drug-likeness (QED) is 0.191.